The van der Waals surface area contributed by atoms with Gasteiger partial charge in [0.15, 0.2) is 6.73 Å². The van der Waals surface area contributed by atoms with Gasteiger partial charge in [-0.1, -0.05) is 10.3 Å². The minimum atomic E-state index is -5.05. The fraction of sp³-hybridized carbons (Fsp3) is 0.429. The third kappa shape index (κ3) is 7.78. The largest absolute Gasteiger partial charge is 0.488 e. The highest BCUT2D eigenvalue weighted by atomic mass is 19.4. The Hall–Kier alpha value is -3.54. The molecule has 0 spiro atoms. The lowest BCUT2D eigenvalue weighted by atomic mass is 10.2. The average Bonchev–Trinajstić information content (AvgIpc) is 2.66. The van der Waals surface area contributed by atoms with E-state index in [1.54, 1.807) is 0 Å². The van der Waals surface area contributed by atoms with Crippen molar-refractivity contribution in [3.05, 3.63) is 40.3 Å². The molecular weight excluding hydrogens is 385 g/mol. The molecule has 0 aliphatic carbocycles. The summed E-state index contributed by atoms with van der Waals surface area (Å²) >= 11 is 0. The van der Waals surface area contributed by atoms with E-state index in [4.69, 9.17) is 16.1 Å². The number of hydrogen-bond donors (Lipinski definition) is 2. The van der Waals surface area contributed by atoms with Crippen LogP contribution in [0.3, 0.4) is 0 Å². The molecule has 1 aromatic rings. The molecule has 3 N–H and O–H groups in total. The number of rotatable bonds is 10. The van der Waals surface area contributed by atoms with E-state index < -0.39 is 18.0 Å². The van der Waals surface area contributed by atoms with Gasteiger partial charge in [0.2, 0.25) is 0 Å². The Kier molecular flexibility index (Phi) is 9.03. The molecule has 14 heteroatoms. The molecular formula is C14H17F3N8O3. The summed E-state index contributed by atoms with van der Waals surface area (Å²) in [6, 6.07) is 5.75. The van der Waals surface area contributed by atoms with Gasteiger partial charge in [0.25, 0.3) is 5.91 Å². The molecule has 11 nitrogen and oxygen atoms in total. The van der Waals surface area contributed by atoms with E-state index in [-0.39, 0.29) is 38.5 Å². The van der Waals surface area contributed by atoms with Gasteiger partial charge in [0.1, 0.15) is 5.75 Å². The third-order valence-corrected chi connectivity index (χ3v) is 3.22. The van der Waals surface area contributed by atoms with Gasteiger partial charge in [-0.15, -0.1) is 0 Å². The molecule has 2 amide bonds. The average molecular weight is 402 g/mol. The molecule has 152 valence electrons. The van der Waals surface area contributed by atoms with E-state index in [1.807, 2.05) is 0 Å². The molecule has 0 unspecified atom stereocenters. The molecule has 28 heavy (non-hydrogen) atoms. The van der Waals surface area contributed by atoms with Gasteiger partial charge in [-0.25, -0.2) is 0 Å². The number of ether oxygens (including phenoxy) is 1. The highest BCUT2D eigenvalue weighted by molar-refractivity contribution is 5.94. The zero-order valence-electron chi connectivity index (χ0n) is 14.5. The van der Waals surface area contributed by atoms with E-state index >= 15 is 0 Å². The number of carbonyl (C=O) groups excluding carboxylic acids is 2. The van der Waals surface area contributed by atoms with Gasteiger partial charge in [0, 0.05) is 30.1 Å². The summed E-state index contributed by atoms with van der Waals surface area (Å²) < 4.78 is 42.9. The van der Waals surface area contributed by atoms with Crippen LogP contribution in [0.5, 0.6) is 5.75 Å². The van der Waals surface area contributed by atoms with Gasteiger partial charge in [0.05, 0.1) is 6.54 Å². The van der Waals surface area contributed by atoms with Crippen LogP contribution in [-0.2, 0) is 4.79 Å². The van der Waals surface area contributed by atoms with Gasteiger partial charge in [-0.2, -0.15) is 18.3 Å². The normalized spacial score (nSPS) is 11.0. The van der Waals surface area contributed by atoms with Crippen molar-refractivity contribution < 1.29 is 27.5 Å². The van der Waals surface area contributed by atoms with E-state index in [0.717, 1.165) is 0 Å². The lowest BCUT2D eigenvalue weighted by Crippen LogP contribution is -2.45. The van der Waals surface area contributed by atoms with Crippen LogP contribution in [0.4, 0.5) is 13.2 Å². The first kappa shape index (κ1) is 22.5. The van der Waals surface area contributed by atoms with Crippen molar-refractivity contribution in [3.8, 4) is 5.75 Å². The van der Waals surface area contributed by atoms with Crippen LogP contribution in [0.15, 0.2) is 39.7 Å². The molecule has 0 heterocycles. The topological polar surface area (TPSA) is 158 Å². The number of benzene rings is 1. The lowest BCUT2D eigenvalue weighted by molar-refractivity contribution is -0.185. The molecule has 0 radical (unpaired) electrons. The Morgan fingerprint density at radius 3 is 2.50 bits per heavy atom. The standard InChI is InChI=1S/C14H17F3N8O3/c15-14(16,17)13(27)25(8-6-21-23-18)7-5-20-12(26)10-1-3-11(4-2-10)28-9-22-24-19/h1-4H,5-9H2,(H2,18,21)(H,20,26). The second kappa shape index (κ2) is 11.2. The highest BCUT2D eigenvalue weighted by Crippen LogP contribution is 2.18. The summed E-state index contributed by atoms with van der Waals surface area (Å²) in [5.74, 6) is 2.53. The second-order valence-corrected chi connectivity index (χ2v) is 5.06. The maximum atomic E-state index is 12.6. The molecule has 0 saturated carbocycles. The lowest BCUT2D eigenvalue weighted by Gasteiger charge is -2.22. The first-order chi connectivity index (χ1) is 13.3. The smallest absolute Gasteiger partial charge is 0.471 e. The minimum Gasteiger partial charge on any atom is -0.488 e. The van der Waals surface area contributed by atoms with Gasteiger partial charge in [-0.05, 0) is 29.8 Å². The number of halogens is 3. The van der Waals surface area contributed by atoms with Crippen molar-refractivity contribution in [2.75, 3.05) is 32.9 Å². The quantitative estimate of drug-likeness (QED) is 0.201. The van der Waals surface area contributed by atoms with Gasteiger partial charge in [-0.3, -0.25) is 9.59 Å². The van der Waals surface area contributed by atoms with E-state index in [0.29, 0.717) is 10.6 Å². The number of nitrogens with zero attached hydrogens (tertiary/aromatic N) is 6. The number of hydrogen-bond acceptors (Lipinski definition) is 6. The predicted molar refractivity (Wildman–Crippen MR) is 90.0 cm³/mol. The molecule has 0 aromatic heterocycles. The number of azide groups is 1. The van der Waals surface area contributed by atoms with E-state index in [9.17, 15) is 22.8 Å². The van der Waals surface area contributed by atoms with Gasteiger partial charge < -0.3 is 20.8 Å². The Balaban J connectivity index is 2.58. The van der Waals surface area contributed by atoms with Crippen molar-refractivity contribution in [1.29, 1.82) is 0 Å². The van der Waals surface area contributed by atoms with Crippen LogP contribution in [0.1, 0.15) is 10.4 Å². The molecule has 0 aliphatic heterocycles. The summed E-state index contributed by atoms with van der Waals surface area (Å²) in [6.45, 7) is -1.36. The van der Waals surface area contributed by atoms with E-state index in [2.05, 4.69) is 25.7 Å². The number of nitrogens with one attached hydrogen (secondary N) is 1. The minimum absolute atomic E-state index is 0.205. The third-order valence-electron chi connectivity index (χ3n) is 3.22. The number of carbonyl (C=O) groups is 2. The zero-order chi connectivity index (χ0) is 21.0. The highest BCUT2D eigenvalue weighted by Gasteiger charge is 2.42. The van der Waals surface area contributed by atoms with Gasteiger partial charge >= 0.3 is 12.1 Å². The molecule has 0 fully saturated rings. The Morgan fingerprint density at radius 1 is 1.25 bits per heavy atom. The Morgan fingerprint density at radius 2 is 1.93 bits per heavy atom. The van der Waals surface area contributed by atoms with Crippen molar-refractivity contribution in [3.63, 3.8) is 0 Å². The summed E-state index contributed by atoms with van der Waals surface area (Å²) in [4.78, 5) is 26.4. The zero-order valence-corrected chi connectivity index (χ0v) is 14.5. The van der Waals surface area contributed by atoms with Crippen LogP contribution in [0.2, 0.25) is 0 Å². The number of alkyl halides is 3. The first-order valence-corrected chi connectivity index (χ1v) is 7.74. The Labute approximate surface area is 156 Å². The van der Waals surface area contributed by atoms with Crippen LogP contribution < -0.4 is 15.9 Å². The second-order valence-electron chi connectivity index (χ2n) is 5.06. The molecule has 0 aliphatic rings. The maximum absolute atomic E-state index is 12.6. The molecule has 1 rings (SSSR count). The fourth-order valence-corrected chi connectivity index (χ4v) is 1.96. The summed E-state index contributed by atoms with van der Waals surface area (Å²) in [6.07, 6.45) is -5.05. The van der Waals surface area contributed by atoms with Crippen molar-refractivity contribution in [2.24, 2.45) is 21.3 Å². The molecule has 0 atom stereocenters. The fourth-order valence-electron chi connectivity index (χ4n) is 1.96. The first-order valence-electron chi connectivity index (χ1n) is 7.74. The number of nitrogens with two attached hydrogens (primary N) is 1. The molecule has 0 saturated heterocycles. The molecule has 0 bridgehead atoms. The summed E-state index contributed by atoms with van der Waals surface area (Å²) in [7, 11) is 0. The van der Waals surface area contributed by atoms with Crippen molar-refractivity contribution in [1.82, 2.24) is 10.2 Å². The SMILES string of the molecule is [N-]=[N+]=NCOc1ccc(C(=O)NCCN(CCN=NN)C(=O)C(F)(F)F)cc1. The van der Waals surface area contributed by atoms with Crippen LogP contribution in [0.25, 0.3) is 10.4 Å². The predicted octanol–water partition coefficient (Wildman–Crippen LogP) is 1.78. The summed E-state index contributed by atoms with van der Waals surface area (Å²) in [5.41, 5.74) is 8.37. The van der Waals surface area contributed by atoms with E-state index in [1.165, 1.54) is 24.3 Å². The van der Waals surface area contributed by atoms with Crippen LogP contribution in [0, 0.1) is 0 Å². The summed E-state index contributed by atoms with van der Waals surface area (Å²) in [5, 5.41) is 11.8. The maximum Gasteiger partial charge on any atom is 0.471 e. The molecule has 1 aromatic carbocycles. The van der Waals surface area contributed by atoms with Crippen molar-refractivity contribution >= 4 is 11.8 Å². The van der Waals surface area contributed by atoms with Crippen molar-refractivity contribution in [2.45, 2.75) is 6.18 Å². The van der Waals surface area contributed by atoms with Crippen LogP contribution >= 0.6 is 0 Å². The van der Waals surface area contributed by atoms with Crippen LogP contribution in [-0.4, -0.2) is 55.8 Å². The monoisotopic (exact) mass is 402 g/mol. The number of amides is 2. The Bertz CT molecular complexity index is 732.